The number of benzene rings is 1. The normalized spacial score (nSPS) is 17.6. The van der Waals surface area contributed by atoms with Gasteiger partial charge in [0.25, 0.3) is 5.91 Å². The smallest absolute Gasteiger partial charge is 0.250 e. The summed E-state index contributed by atoms with van der Waals surface area (Å²) in [5.74, 6) is -0.383. The van der Waals surface area contributed by atoms with Gasteiger partial charge in [0, 0.05) is 23.3 Å². The highest BCUT2D eigenvalue weighted by Gasteiger charge is 2.22. The van der Waals surface area contributed by atoms with Gasteiger partial charge in [0.1, 0.15) is 0 Å². The van der Waals surface area contributed by atoms with E-state index in [4.69, 9.17) is 11.5 Å². The fourth-order valence-electron chi connectivity index (χ4n) is 3.04. The highest BCUT2D eigenvalue weighted by molar-refractivity contribution is 6.06. The van der Waals surface area contributed by atoms with E-state index in [9.17, 15) is 4.79 Å². The first kappa shape index (κ1) is 13.0. The van der Waals surface area contributed by atoms with E-state index in [1.165, 1.54) is 0 Å². The number of fused-ring (bicyclic) bond motifs is 1. The second kappa shape index (κ2) is 4.83. The number of piperidine rings is 1. The third-order valence-electron chi connectivity index (χ3n) is 4.21. The summed E-state index contributed by atoms with van der Waals surface area (Å²) in [6.45, 7) is 2.14. The molecule has 1 aromatic heterocycles. The predicted molar refractivity (Wildman–Crippen MR) is 80.6 cm³/mol. The van der Waals surface area contributed by atoms with Crippen LogP contribution in [0.1, 0.15) is 29.2 Å². The Bertz CT molecular complexity index is 653. The number of rotatable bonds is 2. The van der Waals surface area contributed by atoms with Crippen molar-refractivity contribution in [3.8, 4) is 0 Å². The van der Waals surface area contributed by atoms with Crippen molar-refractivity contribution < 1.29 is 4.79 Å². The molecule has 2 aromatic rings. The van der Waals surface area contributed by atoms with Crippen LogP contribution in [0.3, 0.4) is 0 Å². The van der Waals surface area contributed by atoms with E-state index in [0.29, 0.717) is 17.3 Å². The van der Waals surface area contributed by atoms with E-state index < -0.39 is 0 Å². The fraction of sp³-hybridized carbons (Fsp3) is 0.400. The zero-order chi connectivity index (χ0) is 14.3. The maximum atomic E-state index is 11.6. The van der Waals surface area contributed by atoms with E-state index in [0.717, 1.165) is 36.8 Å². The number of anilines is 1. The largest absolute Gasteiger partial charge is 0.399 e. The Kier molecular flexibility index (Phi) is 3.14. The van der Waals surface area contributed by atoms with Gasteiger partial charge in [0.05, 0.1) is 11.1 Å². The molecule has 0 unspecified atom stereocenters. The molecule has 0 atom stereocenters. The molecule has 5 heteroatoms. The van der Waals surface area contributed by atoms with E-state index in [-0.39, 0.29) is 5.91 Å². The number of nitrogens with zero attached hydrogens (tertiary/aromatic N) is 2. The molecule has 0 aliphatic carbocycles. The number of amides is 1. The van der Waals surface area contributed by atoms with E-state index >= 15 is 0 Å². The maximum Gasteiger partial charge on any atom is 0.250 e. The van der Waals surface area contributed by atoms with Gasteiger partial charge >= 0.3 is 0 Å². The van der Waals surface area contributed by atoms with Crippen molar-refractivity contribution in [3.63, 3.8) is 0 Å². The number of carbonyl (C=O) groups excluding carboxylic acids is 1. The van der Waals surface area contributed by atoms with E-state index in [1.54, 1.807) is 0 Å². The Balaban J connectivity index is 2.10. The molecule has 2 heterocycles. The molecule has 0 spiro atoms. The molecule has 1 amide bonds. The Morgan fingerprint density at radius 2 is 2.00 bits per heavy atom. The van der Waals surface area contributed by atoms with Crippen LogP contribution in [0.2, 0.25) is 0 Å². The lowest BCUT2D eigenvalue weighted by Crippen LogP contribution is -2.31. The average Bonchev–Trinajstić information content (AvgIpc) is 2.78. The van der Waals surface area contributed by atoms with Gasteiger partial charge in [-0.2, -0.15) is 0 Å². The number of hydrogen-bond acceptors (Lipinski definition) is 3. The first-order chi connectivity index (χ1) is 9.56. The average molecular weight is 272 g/mol. The van der Waals surface area contributed by atoms with Crippen LogP contribution in [0.25, 0.3) is 10.9 Å². The first-order valence-electron chi connectivity index (χ1n) is 6.94. The molecule has 20 heavy (non-hydrogen) atoms. The Labute approximate surface area is 118 Å². The van der Waals surface area contributed by atoms with Crippen molar-refractivity contribution in [2.75, 3.05) is 25.9 Å². The minimum atomic E-state index is -0.383. The highest BCUT2D eigenvalue weighted by Crippen LogP contribution is 2.31. The third kappa shape index (κ3) is 2.14. The van der Waals surface area contributed by atoms with Crippen LogP contribution < -0.4 is 11.5 Å². The Hall–Kier alpha value is -2.01. The molecule has 5 nitrogen and oxygen atoms in total. The summed E-state index contributed by atoms with van der Waals surface area (Å²) < 4.78 is 2.18. The van der Waals surface area contributed by atoms with Crippen LogP contribution in [0.5, 0.6) is 0 Å². The van der Waals surface area contributed by atoms with Gasteiger partial charge in [-0.3, -0.25) is 4.79 Å². The number of primary amides is 1. The quantitative estimate of drug-likeness (QED) is 0.815. The van der Waals surface area contributed by atoms with Crippen molar-refractivity contribution in [3.05, 3.63) is 30.0 Å². The molecule has 3 rings (SSSR count). The minimum Gasteiger partial charge on any atom is -0.399 e. The van der Waals surface area contributed by atoms with Crippen molar-refractivity contribution in [2.24, 2.45) is 5.73 Å². The lowest BCUT2D eigenvalue weighted by atomic mass is 10.1. The molecule has 106 valence electrons. The van der Waals surface area contributed by atoms with Crippen LogP contribution in [0.4, 0.5) is 5.69 Å². The number of nitrogen functional groups attached to an aromatic ring is 1. The van der Waals surface area contributed by atoms with Crippen molar-refractivity contribution >= 4 is 22.5 Å². The van der Waals surface area contributed by atoms with Gasteiger partial charge in [0.2, 0.25) is 0 Å². The summed E-state index contributed by atoms with van der Waals surface area (Å²) in [4.78, 5) is 13.9. The molecular formula is C15H20N4O. The standard InChI is InChI=1S/C15H20N4O/c1-18-6-4-11(5-7-18)19-9-13(15(17)20)12-3-2-10(16)8-14(12)19/h2-3,8-9,11H,4-7,16H2,1H3,(H2,17,20). The summed E-state index contributed by atoms with van der Waals surface area (Å²) in [6, 6.07) is 6.04. The molecule has 1 fully saturated rings. The number of carbonyl (C=O) groups is 1. The molecule has 0 saturated carbocycles. The van der Waals surface area contributed by atoms with Crippen molar-refractivity contribution in [1.29, 1.82) is 0 Å². The summed E-state index contributed by atoms with van der Waals surface area (Å²) in [6.07, 6.45) is 4.04. The second-order valence-corrected chi connectivity index (χ2v) is 5.63. The molecule has 0 radical (unpaired) electrons. The van der Waals surface area contributed by atoms with Crippen LogP contribution in [0, 0.1) is 0 Å². The van der Waals surface area contributed by atoms with Crippen LogP contribution >= 0.6 is 0 Å². The Morgan fingerprint density at radius 1 is 1.30 bits per heavy atom. The van der Waals surface area contributed by atoms with E-state index in [2.05, 4.69) is 16.5 Å². The molecular weight excluding hydrogens is 252 g/mol. The zero-order valence-corrected chi connectivity index (χ0v) is 11.7. The van der Waals surface area contributed by atoms with Crippen LogP contribution in [0.15, 0.2) is 24.4 Å². The van der Waals surface area contributed by atoms with Crippen molar-refractivity contribution in [1.82, 2.24) is 9.47 Å². The lowest BCUT2D eigenvalue weighted by Gasteiger charge is -2.30. The minimum absolute atomic E-state index is 0.383. The lowest BCUT2D eigenvalue weighted by molar-refractivity contribution is 0.100. The topological polar surface area (TPSA) is 77.3 Å². The monoisotopic (exact) mass is 272 g/mol. The number of likely N-dealkylation sites (tertiary alicyclic amines) is 1. The third-order valence-corrected chi connectivity index (χ3v) is 4.21. The van der Waals surface area contributed by atoms with Gasteiger partial charge < -0.3 is 20.9 Å². The molecule has 1 aliphatic heterocycles. The molecule has 4 N–H and O–H groups in total. The van der Waals surface area contributed by atoms with E-state index in [1.807, 2.05) is 24.4 Å². The second-order valence-electron chi connectivity index (χ2n) is 5.63. The number of aromatic nitrogens is 1. The predicted octanol–water partition coefficient (Wildman–Crippen LogP) is 1.59. The number of hydrogen-bond donors (Lipinski definition) is 2. The van der Waals surface area contributed by atoms with Gasteiger partial charge in [-0.05, 0) is 51.2 Å². The zero-order valence-electron chi connectivity index (χ0n) is 11.7. The van der Waals surface area contributed by atoms with Gasteiger partial charge in [0.15, 0.2) is 0 Å². The van der Waals surface area contributed by atoms with Crippen LogP contribution in [-0.2, 0) is 0 Å². The summed E-state index contributed by atoms with van der Waals surface area (Å²) in [7, 11) is 2.14. The fourth-order valence-corrected chi connectivity index (χ4v) is 3.04. The summed E-state index contributed by atoms with van der Waals surface area (Å²) in [5, 5.41) is 0.894. The molecule has 0 bridgehead atoms. The summed E-state index contributed by atoms with van der Waals surface area (Å²) >= 11 is 0. The highest BCUT2D eigenvalue weighted by atomic mass is 16.1. The van der Waals surface area contributed by atoms with Crippen molar-refractivity contribution in [2.45, 2.75) is 18.9 Å². The number of nitrogens with two attached hydrogens (primary N) is 2. The van der Waals surface area contributed by atoms with Gasteiger partial charge in [-0.15, -0.1) is 0 Å². The summed E-state index contributed by atoms with van der Waals surface area (Å²) in [5.41, 5.74) is 13.7. The van der Waals surface area contributed by atoms with Gasteiger partial charge in [-0.25, -0.2) is 0 Å². The van der Waals surface area contributed by atoms with Gasteiger partial charge in [-0.1, -0.05) is 0 Å². The maximum absolute atomic E-state index is 11.6. The molecule has 1 aromatic carbocycles. The first-order valence-corrected chi connectivity index (χ1v) is 6.94. The molecule has 1 aliphatic rings. The SMILES string of the molecule is CN1CCC(n2cc(C(N)=O)c3ccc(N)cc32)CC1. The molecule has 1 saturated heterocycles. The Morgan fingerprint density at radius 3 is 2.65 bits per heavy atom. The van der Waals surface area contributed by atoms with Crippen LogP contribution in [-0.4, -0.2) is 35.5 Å².